The molecule has 4 aromatic rings. The van der Waals surface area contributed by atoms with E-state index in [0.717, 1.165) is 86.5 Å². The van der Waals surface area contributed by atoms with Gasteiger partial charge in [-0.25, -0.2) is 0 Å². The fraction of sp³-hybridized carbons (Fsp3) is 0.404. The van der Waals surface area contributed by atoms with Crippen LogP contribution >= 0.6 is 0 Å². The van der Waals surface area contributed by atoms with Crippen LogP contribution in [0.15, 0.2) is 96.7 Å². The number of piperidine rings is 1. The van der Waals surface area contributed by atoms with E-state index in [-0.39, 0.29) is 17.5 Å². The first-order chi connectivity index (χ1) is 26.3. The molecule has 1 saturated heterocycles. The Kier molecular flexibility index (Phi) is 14.5. The summed E-state index contributed by atoms with van der Waals surface area (Å²) < 4.78 is 11.3. The molecule has 2 aliphatic heterocycles. The van der Waals surface area contributed by atoms with Crippen LogP contribution < -0.4 is 19.7 Å². The Balaban J connectivity index is 0.00000276. The largest absolute Gasteiger partial charge is 0.504 e. The molecule has 0 spiro atoms. The monoisotopic (exact) mass is 731 g/mol. The van der Waals surface area contributed by atoms with Crippen molar-refractivity contribution >= 4 is 5.69 Å². The maximum Gasteiger partial charge on any atom is 0.160 e. The second-order valence-electron chi connectivity index (χ2n) is 14.3. The van der Waals surface area contributed by atoms with Crippen molar-refractivity contribution in [2.24, 2.45) is 0 Å². The van der Waals surface area contributed by atoms with E-state index >= 15 is 0 Å². The summed E-state index contributed by atoms with van der Waals surface area (Å²) in [5, 5.41) is 24.5. The van der Waals surface area contributed by atoms with Gasteiger partial charge in [-0.05, 0) is 138 Å². The van der Waals surface area contributed by atoms with Gasteiger partial charge in [0.2, 0.25) is 0 Å². The van der Waals surface area contributed by atoms with Crippen molar-refractivity contribution in [2.75, 3.05) is 38.8 Å². The molecule has 0 saturated carbocycles. The number of anilines is 1. The molecule has 6 rings (SSSR count). The number of nitrogens with one attached hydrogen (secondary N) is 1. The quantitative estimate of drug-likeness (QED) is 0.112. The zero-order valence-electron chi connectivity index (χ0n) is 33.5. The van der Waals surface area contributed by atoms with Crippen molar-refractivity contribution in [2.45, 2.75) is 91.8 Å². The van der Waals surface area contributed by atoms with Crippen LogP contribution in [0.25, 0.3) is 11.1 Å². The number of phenols is 2. The van der Waals surface area contributed by atoms with E-state index < -0.39 is 0 Å². The minimum absolute atomic E-state index is 0.0148. The van der Waals surface area contributed by atoms with Gasteiger partial charge in [0.15, 0.2) is 11.5 Å². The predicted octanol–water partition coefficient (Wildman–Crippen LogP) is 10.3. The zero-order chi connectivity index (χ0) is 38.6. The minimum atomic E-state index is -0.0688. The first-order valence-corrected chi connectivity index (χ1v) is 19.9. The average molecular weight is 732 g/mol. The fourth-order valence-corrected chi connectivity index (χ4v) is 7.77. The summed E-state index contributed by atoms with van der Waals surface area (Å²) >= 11 is 0. The van der Waals surface area contributed by atoms with Crippen molar-refractivity contribution in [3.63, 3.8) is 0 Å². The molecule has 1 fully saturated rings. The molecule has 2 aliphatic rings. The molecule has 7 heteroatoms. The molecule has 0 radical (unpaired) electrons. The summed E-state index contributed by atoms with van der Waals surface area (Å²) in [6.45, 7) is 14.2. The van der Waals surface area contributed by atoms with Gasteiger partial charge in [-0.15, -0.1) is 0 Å². The molecule has 1 atom stereocenters. The summed E-state index contributed by atoms with van der Waals surface area (Å²) in [4.78, 5) is 5.14. The summed E-state index contributed by atoms with van der Waals surface area (Å²) in [6.07, 6.45) is 12.6. The van der Waals surface area contributed by atoms with Crippen molar-refractivity contribution in [1.29, 1.82) is 0 Å². The summed E-state index contributed by atoms with van der Waals surface area (Å²) in [5.41, 5.74) is 10.3. The Hall–Kier alpha value is -4.88. The smallest absolute Gasteiger partial charge is 0.160 e. The lowest BCUT2D eigenvalue weighted by atomic mass is 9.94. The van der Waals surface area contributed by atoms with Gasteiger partial charge in [-0.3, -0.25) is 4.90 Å². The highest BCUT2D eigenvalue weighted by molar-refractivity contribution is 5.69. The normalized spacial score (nSPS) is 15.8. The van der Waals surface area contributed by atoms with Gasteiger partial charge in [0, 0.05) is 37.9 Å². The molecular weight excluding hydrogens is 671 g/mol. The molecular formula is C47H61N3O4. The third-order valence-corrected chi connectivity index (χ3v) is 10.7. The number of nitrogens with zero attached hydrogens (tertiary/aromatic N) is 2. The maximum atomic E-state index is 10.5. The lowest BCUT2D eigenvalue weighted by Gasteiger charge is -2.40. The van der Waals surface area contributed by atoms with E-state index in [1.165, 1.54) is 33.5 Å². The third-order valence-electron chi connectivity index (χ3n) is 10.7. The van der Waals surface area contributed by atoms with Crippen LogP contribution in [-0.2, 0) is 19.4 Å². The highest BCUT2D eigenvalue weighted by Crippen LogP contribution is 2.37. The van der Waals surface area contributed by atoms with Crippen molar-refractivity contribution in [3.05, 3.63) is 125 Å². The van der Waals surface area contributed by atoms with Gasteiger partial charge < -0.3 is 29.9 Å². The van der Waals surface area contributed by atoms with E-state index in [4.69, 9.17) is 9.47 Å². The van der Waals surface area contributed by atoms with Crippen LogP contribution in [0.4, 0.5) is 5.69 Å². The van der Waals surface area contributed by atoms with Crippen LogP contribution in [0.1, 0.15) is 87.2 Å². The molecule has 4 aromatic carbocycles. The predicted molar refractivity (Wildman–Crippen MR) is 224 cm³/mol. The minimum Gasteiger partial charge on any atom is -0.504 e. The number of benzene rings is 4. The van der Waals surface area contributed by atoms with Crippen LogP contribution in [-0.4, -0.2) is 55.0 Å². The van der Waals surface area contributed by atoms with Crippen LogP contribution in [0, 0.1) is 6.92 Å². The number of likely N-dealkylation sites (tertiary alicyclic amines) is 1. The molecule has 1 unspecified atom stereocenters. The Morgan fingerprint density at radius 1 is 0.833 bits per heavy atom. The first kappa shape index (κ1) is 40.3. The molecule has 0 bridgehead atoms. The van der Waals surface area contributed by atoms with Gasteiger partial charge in [0.05, 0.1) is 20.3 Å². The van der Waals surface area contributed by atoms with Gasteiger partial charge in [-0.2, -0.15) is 0 Å². The Morgan fingerprint density at radius 3 is 2.24 bits per heavy atom. The van der Waals surface area contributed by atoms with Crippen molar-refractivity contribution < 1.29 is 19.7 Å². The zero-order valence-corrected chi connectivity index (χ0v) is 33.5. The number of hydrogen-bond acceptors (Lipinski definition) is 7. The van der Waals surface area contributed by atoms with Gasteiger partial charge in [-0.1, -0.05) is 70.9 Å². The van der Waals surface area contributed by atoms with Crippen molar-refractivity contribution in [3.8, 4) is 34.1 Å². The number of ether oxygens (including phenoxy) is 2. The van der Waals surface area contributed by atoms with Crippen LogP contribution in [0.5, 0.6) is 23.0 Å². The highest BCUT2D eigenvalue weighted by atomic mass is 16.5. The van der Waals surface area contributed by atoms with E-state index in [2.05, 4.69) is 103 Å². The summed E-state index contributed by atoms with van der Waals surface area (Å²) in [5.74, 6) is 1.73. The number of phenolic OH excluding ortho intramolecular Hbond substituents is 2. The summed E-state index contributed by atoms with van der Waals surface area (Å²) in [7, 11) is 3.47. The van der Waals surface area contributed by atoms with E-state index in [1.54, 1.807) is 20.3 Å². The van der Waals surface area contributed by atoms with E-state index in [0.29, 0.717) is 12.5 Å². The van der Waals surface area contributed by atoms with Crippen molar-refractivity contribution in [1.82, 2.24) is 10.2 Å². The average Bonchev–Trinajstić information content (AvgIpc) is 3.21. The molecule has 2 heterocycles. The maximum absolute atomic E-state index is 10.5. The lowest BCUT2D eigenvalue weighted by Crippen LogP contribution is -2.45. The molecule has 0 aliphatic carbocycles. The SMILES string of the molecule is CC.CCCc1cc(C2C=C(CN3CCC(N(Cc4cccc(-c5cc(O)c(O)c(CCC)c5)c4)c4ccc(OC)cc4)CC3)C=CN2)cc(OC)c1C. The Labute approximate surface area is 323 Å². The topological polar surface area (TPSA) is 77.4 Å². The highest BCUT2D eigenvalue weighted by Gasteiger charge is 2.26. The van der Waals surface area contributed by atoms with Gasteiger partial charge in [0.25, 0.3) is 0 Å². The first-order valence-electron chi connectivity index (χ1n) is 19.9. The molecule has 7 nitrogen and oxygen atoms in total. The standard InChI is InChI=1S/C45H55N3O4.C2H6/c1-6-9-34-25-38(28-44(52-5)31(34)3)42-24-33(17-20-46-42)29-47-21-18-40(19-22-47)48(39-13-15-41(51-4)16-14-39)30-32-11-8-12-35(23-32)37-26-36(10-7-2)45(50)43(49)27-37;1-2/h8,11-17,20,23-28,40,42,46,49-50H,6-7,9-10,18-19,21-22,29-30H2,1-5H3;1-2H3. The van der Waals surface area contributed by atoms with E-state index in [9.17, 15) is 10.2 Å². The molecule has 3 N–H and O–H groups in total. The number of hydrogen-bond donors (Lipinski definition) is 3. The van der Waals surface area contributed by atoms with Crippen LogP contribution in [0.2, 0.25) is 0 Å². The number of aryl methyl sites for hydroxylation is 2. The third kappa shape index (κ3) is 9.80. The number of aromatic hydroxyl groups is 2. The fourth-order valence-electron chi connectivity index (χ4n) is 7.77. The number of methoxy groups -OCH3 is 2. The number of rotatable bonds is 14. The molecule has 54 heavy (non-hydrogen) atoms. The molecule has 0 amide bonds. The number of dihydropyridines is 1. The van der Waals surface area contributed by atoms with Gasteiger partial charge in [0.1, 0.15) is 11.5 Å². The lowest BCUT2D eigenvalue weighted by molar-refractivity contribution is 0.224. The second kappa shape index (κ2) is 19.4. The molecule has 288 valence electrons. The summed E-state index contributed by atoms with van der Waals surface area (Å²) in [6, 6.07) is 25.7. The van der Waals surface area contributed by atoms with E-state index in [1.807, 2.05) is 32.0 Å². The van der Waals surface area contributed by atoms with Gasteiger partial charge >= 0.3 is 0 Å². The molecule has 0 aromatic heterocycles. The van der Waals surface area contributed by atoms with Crippen LogP contribution in [0.3, 0.4) is 0 Å². The Bertz CT molecular complexity index is 1880. The second-order valence-corrected chi connectivity index (χ2v) is 14.3. The Morgan fingerprint density at radius 2 is 1.56 bits per heavy atom.